The first-order valence-electron chi connectivity index (χ1n) is 5.88. The minimum absolute atomic E-state index is 0.0911. The number of hydrogen-bond donors (Lipinski definition) is 2. The molecule has 0 amide bonds. The van der Waals surface area contributed by atoms with Crippen molar-refractivity contribution in [2.45, 2.75) is 0 Å². The first kappa shape index (κ1) is 12.8. The number of carboxylic acids is 2. The minimum Gasteiger partial charge on any atom is -0.545 e. The maximum atomic E-state index is 12.1. The normalized spacial score (nSPS) is 10.9. The summed E-state index contributed by atoms with van der Waals surface area (Å²) in [5.74, 6) is -2.72. The molecular weight excluding hydrogens is 276 g/mol. The van der Waals surface area contributed by atoms with E-state index < -0.39 is 22.9 Å². The lowest BCUT2D eigenvalue weighted by atomic mass is 10.1. The zero-order valence-corrected chi connectivity index (χ0v) is 10.4. The van der Waals surface area contributed by atoms with Crippen LogP contribution in [0, 0.1) is 0 Å². The Kier molecular flexibility index (Phi) is 2.69. The molecule has 0 aliphatic carbocycles. The number of nitrogens with zero attached hydrogens (tertiary/aromatic N) is 1. The maximum Gasteiger partial charge on any atom is 0.341 e. The lowest BCUT2D eigenvalue weighted by Gasteiger charge is -2.07. The molecule has 0 aliphatic rings. The number of fused-ring (bicyclic) bond motifs is 3. The molecule has 0 atom stereocenters. The van der Waals surface area contributed by atoms with Gasteiger partial charge in [-0.25, -0.2) is 4.79 Å². The molecule has 1 aromatic carbocycles. The van der Waals surface area contributed by atoms with Crippen LogP contribution in [0.15, 0.2) is 35.4 Å². The Balaban J connectivity index is 2.45. The molecule has 0 unspecified atom stereocenters. The Morgan fingerprint density at radius 2 is 2.00 bits per heavy atom. The average molecular weight is 283 g/mol. The molecule has 2 N–H and O–H groups in total. The number of carboxylic acid groups (broad SMARTS) is 2. The van der Waals surface area contributed by atoms with Crippen molar-refractivity contribution in [3.05, 3.63) is 51.9 Å². The van der Waals surface area contributed by atoms with Crippen molar-refractivity contribution < 1.29 is 19.8 Å². The molecule has 3 aromatic rings. The van der Waals surface area contributed by atoms with Crippen LogP contribution in [0.4, 0.5) is 0 Å². The summed E-state index contributed by atoms with van der Waals surface area (Å²) >= 11 is 0. The lowest BCUT2D eigenvalue weighted by molar-refractivity contribution is -0.255. The molecule has 104 valence electrons. The van der Waals surface area contributed by atoms with E-state index in [1.165, 1.54) is 18.3 Å². The minimum atomic E-state index is -1.37. The molecule has 0 radical (unpaired) electrons. The average Bonchev–Trinajstić information content (AvgIpc) is 2.46. The van der Waals surface area contributed by atoms with Crippen molar-refractivity contribution >= 4 is 33.7 Å². The highest BCUT2D eigenvalue weighted by atomic mass is 16.4. The molecular formula is C14H7N2O5-. The van der Waals surface area contributed by atoms with E-state index in [-0.39, 0.29) is 16.5 Å². The van der Waals surface area contributed by atoms with E-state index in [4.69, 9.17) is 5.11 Å². The monoisotopic (exact) mass is 283 g/mol. The lowest BCUT2D eigenvalue weighted by Crippen LogP contribution is -2.22. The fraction of sp³-hybridized carbons (Fsp3) is 0. The van der Waals surface area contributed by atoms with E-state index >= 15 is 0 Å². The third kappa shape index (κ3) is 1.91. The van der Waals surface area contributed by atoms with E-state index in [1.54, 1.807) is 6.07 Å². The number of H-pyrrole nitrogens is 1. The van der Waals surface area contributed by atoms with E-state index in [2.05, 4.69) is 9.97 Å². The number of aromatic carboxylic acids is 2. The summed E-state index contributed by atoms with van der Waals surface area (Å²) < 4.78 is 0. The number of pyridine rings is 2. The summed E-state index contributed by atoms with van der Waals surface area (Å²) in [4.78, 5) is 40.7. The van der Waals surface area contributed by atoms with Gasteiger partial charge in [-0.15, -0.1) is 0 Å². The van der Waals surface area contributed by atoms with Crippen molar-refractivity contribution in [3.8, 4) is 0 Å². The van der Waals surface area contributed by atoms with Gasteiger partial charge in [-0.1, -0.05) is 0 Å². The quantitative estimate of drug-likeness (QED) is 0.645. The molecule has 0 spiro atoms. The molecule has 0 saturated heterocycles. The molecule has 7 heteroatoms. The molecule has 7 nitrogen and oxygen atoms in total. The first-order chi connectivity index (χ1) is 9.99. The van der Waals surface area contributed by atoms with Gasteiger partial charge in [0.15, 0.2) is 0 Å². The van der Waals surface area contributed by atoms with Gasteiger partial charge in [-0.3, -0.25) is 9.78 Å². The molecule has 0 fully saturated rings. The predicted molar refractivity (Wildman–Crippen MR) is 71.2 cm³/mol. The molecule has 0 saturated carbocycles. The van der Waals surface area contributed by atoms with Gasteiger partial charge in [-0.2, -0.15) is 0 Å². The number of carbonyl (C=O) groups excluding carboxylic acids is 1. The summed E-state index contributed by atoms with van der Waals surface area (Å²) in [7, 11) is 0. The van der Waals surface area contributed by atoms with Crippen molar-refractivity contribution in [2.75, 3.05) is 0 Å². The van der Waals surface area contributed by atoms with Crippen molar-refractivity contribution in [1.82, 2.24) is 9.97 Å². The maximum absolute atomic E-state index is 12.1. The van der Waals surface area contributed by atoms with Gasteiger partial charge in [-0.05, 0) is 18.2 Å². The van der Waals surface area contributed by atoms with Gasteiger partial charge >= 0.3 is 5.97 Å². The van der Waals surface area contributed by atoms with Crippen LogP contribution in [0.1, 0.15) is 20.7 Å². The van der Waals surface area contributed by atoms with Crippen LogP contribution in [0.5, 0.6) is 0 Å². The number of benzene rings is 1. The van der Waals surface area contributed by atoms with Crippen LogP contribution in [-0.4, -0.2) is 27.0 Å². The number of rotatable bonds is 2. The summed E-state index contributed by atoms with van der Waals surface area (Å²) in [5.41, 5.74) is -0.369. The fourth-order valence-corrected chi connectivity index (χ4v) is 2.16. The van der Waals surface area contributed by atoms with E-state index in [1.807, 2.05) is 0 Å². The third-order valence-corrected chi connectivity index (χ3v) is 3.18. The van der Waals surface area contributed by atoms with Gasteiger partial charge < -0.3 is 20.0 Å². The number of nitrogens with one attached hydrogen (secondary N) is 1. The molecule has 2 heterocycles. The summed E-state index contributed by atoms with van der Waals surface area (Å²) in [5, 5.41) is 20.3. The van der Waals surface area contributed by atoms with Crippen LogP contribution in [0.3, 0.4) is 0 Å². The van der Waals surface area contributed by atoms with Crippen LogP contribution in [-0.2, 0) is 0 Å². The smallest absolute Gasteiger partial charge is 0.341 e. The SMILES string of the molecule is O=C([O-])c1c[nH]c2ccc3c(=O)c(C(=O)O)cnc3c2c1. The summed E-state index contributed by atoms with van der Waals surface area (Å²) in [6.45, 7) is 0. The van der Waals surface area contributed by atoms with Crippen LogP contribution >= 0.6 is 0 Å². The van der Waals surface area contributed by atoms with Crippen molar-refractivity contribution in [2.24, 2.45) is 0 Å². The largest absolute Gasteiger partial charge is 0.545 e. The Bertz CT molecular complexity index is 974. The third-order valence-electron chi connectivity index (χ3n) is 3.18. The van der Waals surface area contributed by atoms with Gasteiger partial charge in [0.05, 0.1) is 11.5 Å². The van der Waals surface area contributed by atoms with Crippen molar-refractivity contribution in [3.63, 3.8) is 0 Å². The van der Waals surface area contributed by atoms with E-state index in [0.29, 0.717) is 10.9 Å². The second-order valence-corrected chi connectivity index (χ2v) is 4.40. The number of aromatic nitrogens is 2. The van der Waals surface area contributed by atoms with Crippen molar-refractivity contribution in [1.29, 1.82) is 0 Å². The molecule has 0 aliphatic heterocycles. The Morgan fingerprint density at radius 1 is 1.24 bits per heavy atom. The van der Waals surface area contributed by atoms with E-state index in [9.17, 15) is 19.5 Å². The Labute approximate surface area is 116 Å². The Hall–Kier alpha value is -3.22. The number of aromatic amines is 1. The first-order valence-corrected chi connectivity index (χ1v) is 5.88. The summed E-state index contributed by atoms with van der Waals surface area (Å²) in [6.07, 6.45) is 2.24. The van der Waals surface area contributed by atoms with Gasteiger partial charge in [0.1, 0.15) is 5.56 Å². The van der Waals surface area contributed by atoms with Gasteiger partial charge in [0, 0.05) is 34.2 Å². The van der Waals surface area contributed by atoms with Gasteiger partial charge in [0.2, 0.25) is 5.43 Å². The zero-order valence-electron chi connectivity index (χ0n) is 10.4. The van der Waals surface area contributed by atoms with Gasteiger partial charge in [0.25, 0.3) is 0 Å². The highest BCUT2D eigenvalue weighted by molar-refractivity contribution is 6.06. The second kappa shape index (κ2) is 4.41. The van der Waals surface area contributed by atoms with Crippen LogP contribution in [0.2, 0.25) is 0 Å². The Morgan fingerprint density at radius 3 is 2.67 bits per heavy atom. The van der Waals surface area contributed by atoms with E-state index in [0.717, 1.165) is 6.20 Å². The predicted octanol–water partition coefficient (Wildman–Crippen LogP) is 0.138. The molecule has 0 bridgehead atoms. The summed E-state index contributed by atoms with van der Waals surface area (Å²) in [6, 6.07) is 4.34. The molecule has 3 rings (SSSR count). The number of hydrogen-bond acceptors (Lipinski definition) is 5. The number of carbonyl (C=O) groups is 2. The zero-order chi connectivity index (χ0) is 15.1. The fourth-order valence-electron chi connectivity index (χ4n) is 2.16. The standard InChI is InChI=1S/C14H8N2O5/c17-12-7-1-2-10-8(3-6(4-15-10)13(18)19)11(7)16-5-9(12)14(20)21/h1-5,15H,(H,18,19)(H,20,21)/p-1. The van der Waals surface area contributed by atoms with Crippen LogP contribution in [0.25, 0.3) is 21.8 Å². The molecule has 2 aromatic heterocycles. The second-order valence-electron chi connectivity index (χ2n) is 4.40. The topological polar surface area (TPSA) is 123 Å². The van der Waals surface area contributed by atoms with Crippen LogP contribution < -0.4 is 10.5 Å². The highest BCUT2D eigenvalue weighted by Crippen LogP contribution is 2.21. The highest BCUT2D eigenvalue weighted by Gasteiger charge is 2.14. The molecule has 21 heavy (non-hydrogen) atoms.